The van der Waals surface area contributed by atoms with Crippen molar-refractivity contribution in [1.82, 2.24) is 5.32 Å². The van der Waals surface area contributed by atoms with Gasteiger partial charge in [-0.25, -0.2) is 0 Å². The number of anilines is 1. The summed E-state index contributed by atoms with van der Waals surface area (Å²) in [7, 11) is 0. The minimum atomic E-state index is 0.0743. The van der Waals surface area contributed by atoms with Gasteiger partial charge in [0, 0.05) is 18.3 Å². The molecule has 0 spiro atoms. The third kappa shape index (κ3) is 3.72. The van der Waals surface area contributed by atoms with Gasteiger partial charge in [-0.1, -0.05) is 19.1 Å². The highest BCUT2D eigenvalue weighted by Gasteiger charge is 2.22. The molecule has 2 rings (SSSR count). The molecule has 1 saturated heterocycles. The van der Waals surface area contributed by atoms with Crippen molar-refractivity contribution >= 4 is 5.69 Å². The molecule has 0 saturated carbocycles. The van der Waals surface area contributed by atoms with Crippen LogP contribution in [0.3, 0.4) is 0 Å². The molecule has 1 aromatic carbocycles. The lowest BCUT2D eigenvalue weighted by atomic mass is 10.1. The molecule has 1 heterocycles. The van der Waals surface area contributed by atoms with Gasteiger partial charge in [0.1, 0.15) is 0 Å². The Labute approximate surface area is 121 Å². The zero-order valence-electron chi connectivity index (χ0n) is 12.5. The number of ether oxygens (including phenoxy) is 1. The highest BCUT2D eigenvalue weighted by molar-refractivity contribution is 5.49. The molecular formula is C16H26N2O2. The molecule has 0 bridgehead atoms. The molecule has 2 atom stereocenters. The van der Waals surface area contributed by atoms with E-state index in [1.165, 1.54) is 11.3 Å². The minimum absolute atomic E-state index is 0.0743. The van der Waals surface area contributed by atoms with Crippen LogP contribution in [-0.2, 0) is 4.74 Å². The number of hydrogen-bond donors (Lipinski definition) is 2. The maximum atomic E-state index is 9.43. The summed E-state index contributed by atoms with van der Waals surface area (Å²) in [5.74, 6) is 0. The first-order valence-corrected chi connectivity index (χ1v) is 7.54. The SMILES string of the molecule is CCCNC(C)c1ccc(N2CCOCC2CO)cc1. The number of aliphatic hydroxyl groups excluding tert-OH is 1. The van der Waals surface area contributed by atoms with Crippen molar-refractivity contribution in [2.75, 3.05) is 37.8 Å². The van der Waals surface area contributed by atoms with E-state index in [1.807, 2.05) is 0 Å². The van der Waals surface area contributed by atoms with E-state index in [-0.39, 0.29) is 12.6 Å². The van der Waals surface area contributed by atoms with Crippen molar-refractivity contribution in [3.05, 3.63) is 29.8 Å². The van der Waals surface area contributed by atoms with Crippen LogP contribution in [0.5, 0.6) is 0 Å². The van der Waals surface area contributed by atoms with Crippen molar-refractivity contribution in [2.24, 2.45) is 0 Å². The first kappa shape index (κ1) is 15.3. The fourth-order valence-corrected chi connectivity index (χ4v) is 2.58. The molecule has 1 aromatic rings. The maximum Gasteiger partial charge on any atom is 0.0755 e. The normalized spacial score (nSPS) is 20.9. The molecule has 0 aliphatic carbocycles. The van der Waals surface area contributed by atoms with Crippen molar-refractivity contribution in [1.29, 1.82) is 0 Å². The molecule has 0 amide bonds. The third-order valence-corrected chi connectivity index (χ3v) is 3.86. The summed E-state index contributed by atoms with van der Waals surface area (Å²) in [6.07, 6.45) is 1.15. The van der Waals surface area contributed by atoms with Gasteiger partial charge in [-0.3, -0.25) is 0 Å². The molecule has 1 aliphatic heterocycles. The molecule has 112 valence electrons. The topological polar surface area (TPSA) is 44.7 Å². The summed E-state index contributed by atoms with van der Waals surface area (Å²) in [6.45, 7) is 7.72. The zero-order chi connectivity index (χ0) is 14.4. The Morgan fingerprint density at radius 2 is 2.15 bits per heavy atom. The van der Waals surface area contributed by atoms with Gasteiger partial charge in [0.15, 0.2) is 0 Å². The van der Waals surface area contributed by atoms with E-state index in [2.05, 4.69) is 48.3 Å². The summed E-state index contributed by atoms with van der Waals surface area (Å²) in [6, 6.07) is 9.09. The van der Waals surface area contributed by atoms with Crippen LogP contribution in [0, 0.1) is 0 Å². The quantitative estimate of drug-likeness (QED) is 0.835. The standard InChI is InChI=1S/C16H26N2O2/c1-3-8-17-13(2)14-4-6-15(7-5-14)18-9-10-20-12-16(18)11-19/h4-7,13,16-17,19H,3,8-12H2,1-2H3. The number of nitrogens with zero attached hydrogens (tertiary/aromatic N) is 1. The molecule has 4 nitrogen and oxygen atoms in total. The highest BCUT2D eigenvalue weighted by Crippen LogP contribution is 2.22. The van der Waals surface area contributed by atoms with Crippen LogP contribution in [0.15, 0.2) is 24.3 Å². The van der Waals surface area contributed by atoms with Gasteiger partial charge < -0.3 is 20.1 Å². The molecule has 2 N–H and O–H groups in total. The molecule has 1 fully saturated rings. The summed E-state index contributed by atoms with van der Waals surface area (Å²) >= 11 is 0. The Kier molecular flexibility index (Phi) is 5.83. The molecule has 4 heteroatoms. The molecular weight excluding hydrogens is 252 g/mol. The van der Waals surface area contributed by atoms with Crippen LogP contribution in [0.25, 0.3) is 0 Å². The monoisotopic (exact) mass is 278 g/mol. The van der Waals surface area contributed by atoms with Crippen molar-refractivity contribution < 1.29 is 9.84 Å². The van der Waals surface area contributed by atoms with Gasteiger partial charge in [-0.2, -0.15) is 0 Å². The van der Waals surface area contributed by atoms with Crippen molar-refractivity contribution in [2.45, 2.75) is 32.4 Å². The fraction of sp³-hybridized carbons (Fsp3) is 0.625. The lowest BCUT2D eigenvalue weighted by Crippen LogP contribution is -2.47. The number of morpholine rings is 1. The van der Waals surface area contributed by atoms with Crippen LogP contribution in [0.4, 0.5) is 5.69 Å². The molecule has 2 unspecified atom stereocenters. The van der Waals surface area contributed by atoms with Crippen LogP contribution in [0.1, 0.15) is 31.9 Å². The average molecular weight is 278 g/mol. The fourth-order valence-electron chi connectivity index (χ4n) is 2.58. The minimum Gasteiger partial charge on any atom is -0.394 e. The van der Waals surface area contributed by atoms with Crippen LogP contribution in [-0.4, -0.2) is 44.1 Å². The summed E-state index contributed by atoms with van der Waals surface area (Å²) in [5, 5.41) is 12.9. The Morgan fingerprint density at radius 1 is 1.40 bits per heavy atom. The second-order valence-corrected chi connectivity index (χ2v) is 5.37. The number of rotatable bonds is 6. The zero-order valence-corrected chi connectivity index (χ0v) is 12.5. The predicted molar refractivity (Wildman–Crippen MR) is 82.2 cm³/mol. The van der Waals surface area contributed by atoms with Gasteiger partial charge in [0.25, 0.3) is 0 Å². The molecule has 0 radical (unpaired) electrons. The predicted octanol–water partition coefficient (Wildman–Crippen LogP) is 1.94. The van der Waals surface area contributed by atoms with Gasteiger partial charge in [0.05, 0.1) is 25.9 Å². The maximum absolute atomic E-state index is 9.43. The van der Waals surface area contributed by atoms with E-state index < -0.39 is 0 Å². The third-order valence-electron chi connectivity index (χ3n) is 3.86. The first-order valence-electron chi connectivity index (χ1n) is 7.54. The smallest absolute Gasteiger partial charge is 0.0755 e. The van der Waals surface area contributed by atoms with Crippen molar-refractivity contribution in [3.63, 3.8) is 0 Å². The lowest BCUT2D eigenvalue weighted by Gasteiger charge is -2.36. The van der Waals surface area contributed by atoms with E-state index in [0.717, 1.165) is 26.1 Å². The number of nitrogens with one attached hydrogen (secondary N) is 1. The highest BCUT2D eigenvalue weighted by atomic mass is 16.5. The van der Waals surface area contributed by atoms with Gasteiger partial charge in [0.2, 0.25) is 0 Å². The van der Waals surface area contributed by atoms with E-state index in [1.54, 1.807) is 0 Å². The van der Waals surface area contributed by atoms with Crippen LogP contribution < -0.4 is 10.2 Å². The number of benzene rings is 1. The van der Waals surface area contributed by atoms with Crippen molar-refractivity contribution in [3.8, 4) is 0 Å². The second kappa shape index (κ2) is 7.62. The van der Waals surface area contributed by atoms with Crippen LogP contribution in [0.2, 0.25) is 0 Å². The largest absolute Gasteiger partial charge is 0.394 e. The first-order chi connectivity index (χ1) is 9.76. The number of aliphatic hydroxyl groups is 1. The summed E-state index contributed by atoms with van der Waals surface area (Å²) in [4.78, 5) is 2.23. The summed E-state index contributed by atoms with van der Waals surface area (Å²) < 4.78 is 5.42. The van der Waals surface area contributed by atoms with E-state index in [9.17, 15) is 5.11 Å². The molecule has 1 aliphatic rings. The Balaban J connectivity index is 2.03. The summed E-state index contributed by atoms with van der Waals surface area (Å²) in [5.41, 5.74) is 2.47. The average Bonchev–Trinajstić information content (AvgIpc) is 2.52. The Morgan fingerprint density at radius 3 is 2.80 bits per heavy atom. The van der Waals surface area contributed by atoms with Gasteiger partial charge in [-0.05, 0) is 37.6 Å². The van der Waals surface area contributed by atoms with Gasteiger partial charge >= 0.3 is 0 Å². The van der Waals surface area contributed by atoms with Gasteiger partial charge in [-0.15, -0.1) is 0 Å². The number of hydrogen-bond acceptors (Lipinski definition) is 4. The van der Waals surface area contributed by atoms with E-state index in [4.69, 9.17) is 4.74 Å². The van der Waals surface area contributed by atoms with E-state index >= 15 is 0 Å². The molecule has 0 aromatic heterocycles. The van der Waals surface area contributed by atoms with E-state index in [0.29, 0.717) is 12.6 Å². The second-order valence-electron chi connectivity index (χ2n) is 5.37. The molecule has 20 heavy (non-hydrogen) atoms. The Hall–Kier alpha value is -1.10. The van der Waals surface area contributed by atoms with Crippen LogP contribution >= 0.6 is 0 Å². The lowest BCUT2D eigenvalue weighted by molar-refractivity contribution is 0.0727. The Bertz CT molecular complexity index is 394.